The van der Waals surface area contributed by atoms with Crippen molar-refractivity contribution in [1.29, 1.82) is 0 Å². The maximum atomic E-state index is 5.96. The molecular weight excluding hydrogens is 226 g/mol. The standard InChI is InChI=1S/C15H25NO2/c1-5-14(16)12-6-8-13(9-7-12)18-11-10-15(2,3)17-4/h6-9,14H,5,10-11,16H2,1-4H3. The minimum absolute atomic E-state index is 0.117. The van der Waals surface area contributed by atoms with E-state index in [0.717, 1.165) is 24.2 Å². The van der Waals surface area contributed by atoms with Crippen LogP contribution in [0.5, 0.6) is 5.75 Å². The molecule has 3 nitrogen and oxygen atoms in total. The number of ether oxygens (including phenoxy) is 2. The van der Waals surface area contributed by atoms with E-state index in [2.05, 4.69) is 20.8 Å². The summed E-state index contributed by atoms with van der Waals surface area (Å²) in [6.45, 7) is 6.85. The topological polar surface area (TPSA) is 44.5 Å². The van der Waals surface area contributed by atoms with Crippen LogP contribution in [0.25, 0.3) is 0 Å². The van der Waals surface area contributed by atoms with Crippen molar-refractivity contribution in [3.63, 3.8) is 0 Å². The maximum absolute atomic E-state index is 5.96. The number of hydrogen-bond donors (Lipinski definition) is 1. The Bertz CT molecular complexity index is 346. The molecule has 1 aromatic carbocycles. The van der Waals surface area contributed by atoms with Crippen LogP contribution in [0.2, 0.25) is 0 Å². The second kappa shape index (κ2) is 6.76. The first-order valence-corrected chi connectivity index (χ1v) is 6.52. The van der Waals surface area contributed by atoms with Crippen molar-refractivity contribution in [3.05, 3.63) is 29.8 Å². The highest BCUT2D eigenvalue weighted by Gasteiger charge is 2.15. The smallest absolute Gasteiger partial charge is 0.119 e. The summed E-state index contributed by atoms with van der Waals surface area (Å²) in [6, 6.07) is 8.14. The lowest BCUT2D eigenvalue weighted by Crippen LogP contribution is -2.25. The van der Waals surface area contributed by atoms with E-state index in [0.29, 0.717) is 6.61 Å². The van der Waals surface area contributed by atoms with Gasteiger partial charge in [-0.25, -0.2) is 0 Å². The molecule has 3 heteroatoms. The highest BCUT2D eigenvalue weighted by molar-refractivity contribution is 5.28. The first-order chi connectivity index (χ1) is 8.48. The van der Waals surface area contributed by atoms with E-state index in [9.17, 15) is 0 Å². The predicted molar refractivity (Wildman–Crippen MR) is 74.9 cm³/mol. The molecule has 0 heterocycles. The Kier molecular flexibility index (Phi) is 5.63. The summed E-state index contributed by atoms with van der Waals surface area (Å²) in [5.74, 6) is 0.883. The van der Waals surface area contributed by atoms with E-state index in [4.69, 9.17) is 15.2 Å². The largest absolute Gasteiger partial charge is 0.493 e. The van der Waals surface area contributed by atoms with Gasteiger partial charge in [-0.3, -0.25) is 0 Å². The van der Waals surface area contributed by atoms with E-state index in [1.807, 2.05) is 24.3 Å². The normalized spacial score (nSPS) is 13.4. The van der Waals surface area contributed by atoms with Gasteiger partial charge in [0.15, 0.2) is 0 Å². The fourth-order valence-electron chi connectivity index (χ4n) is 1.56. The summed E-state index contributed by atoms with van der Waals surface area (Å²) in [5.41, 5.74) is 6.98. The predicted octanol–water partition coefficient (Wildman–Crippen LogP) is 3.29. The number of hydrogen-bond acceptors (Lipinski definition) is 3. The third-order valence-corrected chi connectivity index (χ3v) is 3.27. The van der Waals surface area contributed by atoms with Gasteiger partial charge in [0.1, 0.15) is 5.75 Å². The molecule has 0 saturated carbocycles. The summed E-state index contributed by atoms with van der Waals surface area (Å²) in [4.78, 5) is 0. The zero-order chi connectivity index (χ0) is 13.6. The summed E-state index contributed by atoms with van der Waals surface area (Å²) in [7, 11) is 1.72. The summed E-state index contributed by atoms with van der Waals surface area (Å²) >= 11 is 0. The molecule has 0 fully saturated rings. The number of benzene rings is 1. The molecule has 1 rings (SSSR count). The molecule has 1 atom stereocenters. The summed E-state index contributed by atoms with van der Waals surface area (Å²) in [6.07, 6.45) is 1.81. The van der Waals surface area contributed by atoms with Gasteiger partial charge in [0, 0.05) is 19.6 Å². The number of methoxy groups -OCH3 is 1. The molecule has 0 saturated heterocycles. The van der Waals surface area contributed by atoms with Gasteiger partial charge < -0.3 is 15.2 Å². The minimum Gasteiger partial charge on any atom is -0.493 e. The van der Waals surface area contributed by atoms with Crippen molar-refractivity contribution in [2.45, 2.75) is 45.3 Å². The lowest BCUT2D eigenvalue weighted by molar-refractivity contribution is 0.00545. The van der Waals surface area contributed by atoms with Gasteiger partial charge in [-0.15, -0.1) is 0 Å². The Hall–Kier alpha value is -1.06. The molecule has 0 radical (unpaired) electrons. The highest BCUT2D eigenvalue weighted by atomic mass is 16.5. The Morgan fingerprint density at radius 1 is 1.22 bits per heavy atom. The van der Waals surface area contributed by atoms with Gasteiger partial charge in [-0.2, -0.15) is 0 Å². The summed E-state index contributed by atoms with van der Waals surface area (Å²) in [5, 5.41) is 0. The molecule has 0 amide bonds. The minimum atomic E-state index is -0.134. The van der Waals surface area contributed by atoms with Crippen molar-refractivity contribution in [3.8, 4) is 5.75 Å². The fraction of sp³-hybridized carbons (Fsp3) is 0.600. The molecule has 0 spiro atoms. The SMILES string of the molecule is CCC(N)c1ccc(OCCC(C)(C)OC)cc1. The maximum Gasteiger partial charge on any atom is 0.119 e. The molecule has 18 heavy (non-hydrogen) atoms. The molecule has 0 aliphatic carbocycles. The van der Waals surface area contributed by atoms with Crippen molar-refractivity contribution in [2.75, 3.05) is 13.7 Å². The molecule has 0 bridgehead atoms. The average molecular weight is 251 g/mol. The van der Waals surface area contributed by atoms with E-state index in [1.54, 1.807) is 7.11 Å². The van der Waals surface area contributed by atoms with Crippen LogP contribution >= 0.6 is 0 Å². The van der Waals surface area contributed by atoms with Crippen molar-refractivity contribution in [2.24, 2.45) is 5.73 Å². The Morgan fingerprint density at radius 2 is 1.83 bits per heavy atom. The van der Waals surface area contributed by atoms with Crippen LogP contribution in [-0.4, -0.2) is 19.3 Å². The van der Waals surface area contributed by atoms with E-state index < -0.39 is 0 Å². The molecule has 0 aliphatic heterocycles. The van der Waals surface area contributed by atoms with E-state index in [-0.39, 0.29) is 11.6 Å². The monoisotopic (exact) mass is 251 g/mol. The van der Waals surface area contributed by atoms with Crippen LogP contribution in [0.4, 0.5) is 0 Å². The van der Waals surface area contributed by atoms with Crippen LogP contribution in [-0.2, 0) is 4.74 Å². The van der Waals surface area contributed by atoms with Gasteiger partial charge in [-0.1, -0.05) is 19.1 Å². The van der Waals surface area contributed by atoms with Crippen LogP contribution in [0.15, 0.2) is 24.3 Å². The summed E-state index contributed by atoms with van der Waals surface area (Å²) < 4.78 is 11.0. The molecule has 0 aliphatic rings. The van der Waals surface area contributed by atoms with E-state index in [1.165, 1.54) is 0 Å². The third-order valence-electron chi connectivity index (χ3n) is 3.27. The molecule has 1 unspecified atom stereocenters. The molecule has 1 aromatic rings. The first-order valence-electron chi connectivity index (χ1n) is 6.52. The first kappa shape index (κ1) is 15.0. The number of rotatable bonds is 7. The average Bonchev–Trinajstić information content (AvgIpc) is 2.38. The highest BCUT2D eigenvalue weighted by Crippen LogP contribution is 2.19. The van der Waals surface area contributed by atoms with Crippen molar-refractivity contribution < 1.29 is 9.47 Å². The van der Waals surface area contributed by atoms with Crippen molar-refractivity contribution in [1.82, 2.24) is 0 Å². The second-order valence-electron chi connectivity index (χ2n) is 5.15. The zero-order valence-corrected chi connectivity index (χ0v) is 11.9. The third kappa shape index (κ3) is 4.67. The van der Waals surface area contributed by atoms with Crippen LogP contribution < -0.4 is 10.5 Å². The van der Waals surface area contributed by atoms with Gasteiger partial charge in [0.2, 0.25) is 0 Å². The quantitative estimate of drug-likeness (QED) is 0.808. The van der Waals surface area contributed by atoms with Gasteiger partial charge in [0.25, 0.3) is 0 Å². The van der Waals surface area contributed by atoms with Gasteiger partial charge >= 0.3 is 0 Å². The second-order valence-corrected chi connectivity index (χ2v) is 5.15. The lowest BCUT2D eigenvalue weighted by atomic mass is 10.1. The van der Waals surface area contributed by atoms with Gasteiger partial charge in [-0.05, 0) is 38.0 Å². The molecule has 2 N–H and O–H groups in total. The molecule has 0 aromatic heterocycles. The number of nitrogens with two attached hydrogens (primary N) is 1. The zero-order valence-electron chi connectivity index (χ0n) is 11.9. The van der Waals surface area contributed by atoms with E-state index >= 15 is 0 Å². The Labute approximate surface area is 110 Å². The molecular formula is C15H25NO2. The van der Waals surface area contributed by atoms with Crippen LogP contribution in [0, 0.1) is 0 Å². The Morgan fingerprint density at radius 3 is 2.33 bits per heavy atom. The van der Waals surface area contributed by atoms with Crippen LogP contribution in [0.3, 0.4) is 0 Å². The molecule has 102 valence electrons. The Balaban J connectivity index is 2.45. The van der Waals surface area contributed by atoms with Gasteiger partial charge in [0.05, 0.1) is 12.2 Å². The van der Waals surface area contributed by atoms with Crippen molar-refractivity contribution >= 4 is 0 Å². The van der Waals surface area contributed by atoms with Crippen LogP contribution in [0.1, 0.15) is 45.2 Å². The lowest BCUT2D eigenvalue weighted by Gasteiger charge is -2.22. The fourth-order valence-corrected chi connectivity index (χ4v) is 1.56.